The van der Waals surface area contributed by atoms with Gasteiger partial charge in [0.25, 0.3) is 0 Å². The van der Waals surface area contributed by atoms with Crippen LogP contribution in [0.15, 0.2) is 42.7 Å². The fourth-order valence-corrected chi connectivity index (χ4v) is 7.49. The first-order valence-corrected chi connectivity index (χ1v) is 13.4. The van der Waals surface area contributed by atoms with Crippen LogP contribution in [0.3, 0.4) is 0 Å². The van der Waals surface area contributed by atoms with Crippen molar-refractivity contribution in [1.29, 1.82) is 0 Å². The molecule has 3 aliphatic carbocycles. The maximum atomic E-state index is 13.2. The Morgan fingerprint density at radius 2 is 2.00 bits per heavy atom. The van der Waals surface area contributed by atoms with E-state index in [2.05, 4.69) is 35.4 Å². The van der Waals surface area contributed by atoms with Gasteiger partial charge in [-0.05, 0) is 103 Å². The highest BCUT2D eigenvalue weighted by Crippen LogP contribution is 2.62. The van der Waals surface area contributed by atoms with Crippen molar-refractivity contribution < 1.29 is 14.3 Å². The van der Waals surface area contributed by atoms with E-state index in [1.807, 2.05) is 12.1 Å². The van der Waals surface area contributed by atoms with Crippen molar-refractivity contribution in [2.24, 2.45) is 23.2 Å². The molecule has 186 valence electrons. The van der Waals surface area contributed by atoms with E-state index >= 15 is 0 Å². The zero-order valence-corrected chi connectivity index (χ0v) is 21.1. The van der Waals surface area contributed by atoms with E-state index in [1.165, 1.54) is 17.5 Å². The largest absolute Gasteiger partial charge is 0.497 e. The van der Waals surface area contributed by atoms with E-state index in [4.69, 9.17) is 4.74 Å². The van der Waals surface area contributed by atoms with Gasteiger partial charge in [0.2, 0.25) is 5.91 Å². The number of rotatable bonds is 8. The molecule has 35 heavy (non-hydrogen) atoms. The van der Waals surface area contributed by atoms with Crippen LogP contribution >= 0.6 is 0 Å². The summed E-state index contributed by atoms with van der Waals surface area (Å²) in [5.74, 6) is 3.63. The molecule has 1 aromatic heterocycles. The average Bonchev–Trinajstić information content (AvgIpc) is 3.15. The van der Waals surface area contributed by atoms with Gasteiger partial charge < -0.3 is 10.1 Å². The lowest BCUT2D eigenvalue weighted by Gasteiger charge is -2.50. The van der Waals surface area contributed by atoms with Gasteiger partial charge in [-0.25, -0.2) is 0 Å². The van der Waals surface area contributed by atoms with Crippen molar-refractivity contribution in [3.63, 3.8) is 0 Å². The fourth-order valence-electron chi connectivity index (χ4n) is 7.49. The van der Waals surface area contributed by atoms with E-state index in [0.29, 0.717) is 42.4 Å². The van der Waals surface area contributed by atoms with Crippen LogP contribution in [0.4, 0.5) is 0 Å². The standard InChI is InChI=1S/C30H38N2O3/c1-30-14-11-25-24-10-8-23(35-2)17-21(24)7-9-26(25)29(30)22(18-27(30)33)5-3-4-6-28(34)32-19-20-12-15-31-16-13-20/h8,10,12-13,15-17,22,25-26,29H,3-7,9,11,14,18-19H2,1-2H3,(H,32,34). The number of methoxy groups -OCH3 is 1. The number of benzene rings is 1. The van der Waals surface area contributed by atoms with Gasteiger partial charge in [-0.3, -0.25) is 14.6 Å². The molecule has 1 aromatic carbocycles. The molecule has 1 N–H and O–H groups in total. The number of aromatic nitrogens is 1. The lowest BCUT2D eigenvalue weighted by atomic mass is 9.54. The van der Waals surface area contributed by atoms with E-state index < -0.39 is 0 Å². The number of nitrogens with zero attached hydrogens (tertiary/aromatic N) is 1. The van der Waals surface area contributed by atoms with Gasteiger partial charge in [0, 0.05) is 37.2 Å². The first-order valence-electron chi connectivity index (χ1n) is 13.4. The monoisotopic (exact) mass is 474 g/mol. The van der Waals surface area contributed by atoms with Crippen LogP contribution in [-0.2, 0) is 22.6 Å². The summed E-state index contributed by atoms with van der Waals surface area (Å²) in [6.07, 6.45) is 12.1. The van der Waals surface area contributed by atoms with Crippen LogP contribution in [0.1, 0.15) is 80.9 Å². The summed E-state index contributed by atoms with van der Waals surface area (Å²) in [7, 11) is 1.73. The van der Waals surface area contributed by atoms with E-state index in [-0.39, 0.29) is 11.3 Å². The molecule has 1 heterocycles. The van der Waals surface area contributed by atoms with Gasteiger partial charge in [0.1, 0.15) is 11.5 Å². The van der Waals surface area contributed by atoms with Crippen molar-refractivity contribution in [3.05, 3.63) is 59.4 Å². The number of pyridine rings is 1. The fraction of sp³-hybridized carbons (Fsp3) is 0.567. The average molecular weight is 475 g/mol. The van der Waals surface area contributed by atoms with Crippen LogP contribution in [0.25, 0.3) is 0 Å². The second-order valence-electron chi connectivity index (χ2n) is 11.1. The van der Waals surface area contributed by atoms with Gasteiger partial charge >= 0.3 is 0 Å². The minimum absolute atomic E-state index is 0.103. The van der Waals surface area contributed by atoms with Crippen LogP contribution in [0, 0.1) is 23.2 Å². The molecule has 3 aliphatic rings. The Morgan fingerprint density at radius 1 is 1.17 bits per heavy atom. The molecule has 2 fully saturated rings. The summed E-state index contributed by atoms with van der Waals surface area (Å²) >= 11 is 0. The van der Waals surface area contributed by atoms with Crippen molar-refractivity contribution in [3.8, 4) is 5.75 Å². The number of unbranched alkanes of at least 4 members (excludes halogenated alkanes) is 1. The van der Waals surface area contributed by atoms with Gasteiger partial charge in [0.15, 0.2) is 0 Å². The normalized spacial score (nSPS) is 29.1. The number of hydrogen-bond acceptors (Lipinski definition) is 4. The highest BCUT2D eigenvalue weighted by Gasteiger charge is 2.58. The molecule has 1 amide bonds. The summed E-state index contributed by atoms with van der Waals surface area (Å²) in [4.78, 5) is 29.5. The Kier molecular flexibility index (Phi) is 6.95. The molecule has 0 saturated heterocycles. The van der Waals surface area contributed by atoms with Crippen LogP contribution < -0.4 is 10.1 Å². The molecule has 5 unspecified atom stereocenters. The zero-order valence-electron chi connectivity index (χ0n) is 21.1. The highest BCUT2D eigenvalue weighted by molar-refractivity contribution is 5.87. The molecule has 0 bridgehead atoms. The van der Waals surface area contributed by atoms with Gasteiger partial charge in [-0.1, -0.05) is 19.4 Å². The summed E-state index contributed by atoms with van der Waals surface area (Å²) in [6, 6.07) is 10.4. The topological polar surface area (TPSA) is 68.3 Å². The molecule has 0 spiro atoms. The third kappa shape index (κ3) is 4.74. The molecule has 5 nitrogen and oxygen atoms in total. The number of amides is 1. The Balaban J connectivity index is 1.19. The molecule has 0 radical (unpaired) electrons. The van der Waals surface area contributed by atoms with Gasteiger partial charge in [0.05, 0.1) is 7.11 Å². The predicted octanol–water partition coefficient (Wildman–Crippen LogP) is 5.62. The first kappa shape index (κ1) is 24.0. The van der Waals surface area contributed by atoms with E-state index in [9.17, 15) is 9.59 Å². The molecule has 5 atom stereocenters. The SMILES string of the molecule is COc1ccc2c(c1)CCC1C2CCC2(C)C(=O)CC(CCCCC(=O)NCc3ccncc3)C12. The Bertz CT molecular complexity index is 1070. The summed E-state index contributed by atoms with van der Waals surface area (Å²) in [6.45, 7) is 2.81. The van der Waals surface area contributed by atoms with Crippen LogP contribution in [0.5, 0.6) is 5.75 Å². The summed E-state index contributed by atoms with van der Waals surface area (Å²) in [5.41, 5.74) is 3.84. The maximum Gasteiger partial charge on any atom is 0.220 e. The van der Waals surface area contributed by atoms with E-state index in [0.717, 1.165) is 56.3 Å². The Morgan fingerprint density at radius 3 is 2.80 bits per heavy atom. The van der Waals surface area contributed by atoms with Gasteiger partial charge in [-0.15, -0.1) is 0 Å². The number of carbonyl (C=O) groups is 2. The quantitative estimate of drug-likeness (QED) is 0.504. The minimum Gasteiger partial charge on any atom is -0.497 e. The number of fused-ring (bicyclic) bond motifs is 5. The molecular formula is C30H38N2O3. The second-order valence-corrected chi connectivity index (χ2v) is 11.1. The lowest BCUT2D eigenvalue weighted by molar-refractivity contribution is -0.129. The molecule has 2 aromatic rings. The molecule has 5 rings (SSSR count). The number of aryl methyl sites for hydroxylation is 1. The van der Waals surface area contributed by atoms with Crippen molar-refractivity contribution in [2.75, 3.05) is 7.11 Å². The Labute approximate surface area is 209 Å². The predicted molar refractivity (Wildman–Crippen MR) is 136 cm³/mol. The number of ketones is 1. The molecule has 5 heteroatoms. The van der Waals surface area contributed by atoms with Crippen LogP contribution in [0.2, 0.25) is 0 Å². The number of nitrogens with one attached hydrogen (secondary N) is 1. The number of carbonyl (C=O) groups excluding carboxylic acids is 2. The molecule has 0 aliphatic heterocycles. The van der Waals surface area contributed by atoms with Crippen molar-refractivity contribution in [1.82, 2.24) is 10.3 Å². The second kappa shape index (κ2) is 10.1. The molecule has 2 saturated carbocycles. The minimum atomic E-state index is -0.155. The van der Waals surface area contributed by atoms with Crippen molar-refractivity contribution in [2.45, 2.75) is 77.2 Å². The number of hydrogen-bond donors (Lipinski definition) is 1. The third-order valence-electron chi connectivity index (χ3n) is 9.25. The first-order chi connectivity index (χ1) is 17.0. The number of Topliss-reactive ketones (excluding diaryl/α,β-unsaturated/α-hetero) is 1. The highest BCUT2D eigenvalue weighted by atomic mass is 16.5. The third-order valence-corrected chi connectivity index (χ3v) is 9.25. The summed E-state index contributed by atoms with van der Waals surface area (Å²) in [5, 5.41) is 3.01. The van der Waals surface area contributed by atoms with E-state index in [1.54, 1.807) is 19.5 Å². The number of ether oxygens (including phenoxy) is 1. The van der Waals surface area contributed by atoms with Crippen molar-refractivity contribution >= 4 is 11.7 Å². The van der Waals surface area contributed by atoms with Crippen LogP contribution in [-0.4, -0.2) is 23.8 Å². The summed E-state index contributed by atoms with van der Waals surface area (Å²) < 4.78 is 5.47. The maximum absolute atomic E-state index is 13.2. The Hall–Kier alpha value is -2.69. The smallest absolute Gasteiger partial charge is 0.220 e. The van der Waals surface area contributed by atoms with Gasteiger partial charge in [-0.2, -0.15) is 0 Å². The lowest BCUT2D eigenvalue weighted by Crippen LogP contribution is -2.44. The zero-order chi connectivity index (χ0) is 24.4. The molecular weight excluding hydrogens is 436 g/mol.